The Morgan fingerprint density at radius 3 is 2.83 bits per heavy atom. The van der Waals surface area contributed by atoms with E-state index >= 15 is 0 Å². The number of nitrogens with zero attached hydrogens (tertiary/aromatic N) is 2. The van der Waals surface area contributed by atoms with E-state index < -0.39 is 11.8 Å². The molecule has 1 heterocycles. The molecule has 0 aromatic heterocycles. The molecule has 1 atom stereocenters. The Labute approximate surface area is 139 Å². The summed E-state index contributed by atoms with van der Waals surface area (Å²) in [5.74, 6) is -1.75. The van der Waals surface area contributed by atoms with Crippen molar-refractivity contribution in [2.75, 3.05) is 26.7 Å². The van der Waals surface area contributed by atoms with Gasteiger partial charge in [0.1, 0.15) is 5.82 Å². The Hall–Kier alpha value is -1.66. The lowest BCUT2D eigenvalue weighted by Gasteiger charge is -2.25. The third kappa shape index (κ3) is 4.42. The van der Waals surface area contributed by atoms with Crippen molar-refractivity contribution in [1.82, 2.24) is 9.80 Å². The Bertz CT molecular complexity index is 597. The average Bonchev–Trinajstić information content (AvgIpc) is 2.74. The van der Waals surface area contributed by atoms with Gasteiger partial charge >= 0.3 is 5.97 Å². The molecule has 1 N–H and O–H groups in total. The zero-order valence-electron chi connectivity index (χ0n) is 13.0. The minimum atomic E-state index is -0.865. The molecule has 1 saturated heterocycles. The number of aliphatic carboxylic acids is 1. The van der Waals surface area contributed by atoms with Crippen molar-refractivity contribution in [3.8, 4) is 0 Å². The Morgan fingerprint density at radius 1 is 1.39 bits per heavy atom. The number of carboxylic acids is 1. The highest BCUT2D eigenvalue weighted by atomic mass is 35.5. The molecule has 0 radical (unpaired) electrons. The largest absolute Gasteiger partial charge is 0.480 e. The van der Waals surface area contributed by atoms with Gasteiger partial charge in [-0.1, -0.05) is 17.7 Å². The summed E-state index contributed by atoms with van der Waals surface area (Å²) in [4.78, 5) is 26.8. The van der Waals surface area contributed by atoms with Gasteiger partial charge in [0.15, 0.2) is 0 Å². The van der Waals surface area contributed by atoms with Crippen LogP contribution in [0.25, 0.3) is 0 Å². The summed E-state index contributed by atoms with van der Waals surface area (Å²) in [7, 11) is 1.78. The molecule has 0 saturated carbocycles. The molecule has 1 aromatic carbocycles. The molecule has 126 valence electrons. The monoisotopic (exact) mass is 342 g/mol. The van der Waals surface area contributed by atoms with Gasteiger partial charge in [-0.25, -0.2) is 4.39 Å². The fourth-order valence-corrected chi connectivity index (χ4v) is 3.11. The van der Waals surface area contributed by atoms with E-state index in [2.05, 4.69) is 0 Å². The van der Waals surface area contributed by atoms with E-state index in [-0.39, 0.29) is 29.1 Å². The van der Waals surface area contributed by atoms with Crippen molar-refractivity contribution in [1.29, 1.82) is 0 Å². The summed E-state index contributed by atoms with van der Waals surface area (Å²) in [6, 6.07) is 4.33. The van der Waals surface area contributed by atoms with Crippen LogP contribution in [0.4, 0.5) is 4.39 Å². The normalized spacial score (nSPS) is 18.8. The average molecular weight is 343 g/mol. The highest BCUT2D eigenvalue weighted by Gasteiger charge is 2.26. The van der Waals surface area contributed by atoms with E-state index in [0.717, 1.165) is 12.8 Å². The molecule has 1 aromatic rings. The Balaban J connectivity index is 2.04. The van der Waals surface area contributed by atoms with Gasteiger partial charge < -0.3 is 10.0 Å². The van der Waals surface area contributed by atoms with Crippen LogP contribution >= 0.6 is 11.6 Å². The molecule has 1 unspecified atom stereocenters. The first-order chi connectivity index (χ1) is 10.9. The minimum absolute atomic E-state index is 0.0195. The molecular weight excluding hydrogens is 323 g/mol. The molecule has 0 spiro atoms. The van der Waals surface area contributed by atoms with E-state index in [1.807, 2.05) is 0 Å². The summed E-state index contributed by atoms with van der Waals surface area (Å²) in [5, 5.41) is 8.72. The predicted molar refractivity (Wildman–Crippen MR) is 85.2 cm³/mol. The summed E-state index contributed by atoms with van der Waals surface area (Å²) < 4.78 is 13.5. The standard InChI is InChI=1S/C16H20ClFN2O3/c1-19(10-14(21)22)11-4-3-8-20(9-7-11)16(23)12-5-2-6-13(18)15(12)17/h2,5-6,11H,3-4,7-10H2,1H3,(H,21,22). The zero-order chi connectivity index (χ0) is 17.0. The van der Waals surface area contributed by atoms with E-state index in [1.165, 1.54) is 18.2 Å². The molecule has 1 fully saturated rings. The fraction of sp³-hybridized carbons (Fsp3) is 0.500. The van der Waals surface area contributed by atoms with Crippen LogP contribution in [0.2, 0.25) is 5.02 Å². The number of likely N-dealkylation sites (N-methyl/N-ethyl adjacent to an activating group) is 1. The van der Waals surface area contributed by atoms with Crippen LogP contribution in [-0.4, -0.2) is 59.5 Å². The van der Waals surface area contributed by atoms with E-state index in [0.29, 0.717) is 19.5 Å². The first-order valence-electron chi connectivity index (χ1n) is 7.55. The van der Waals surface area contributed by atoms with Gasteiger partial charge in [-0.15, -0.1) is 0 Å². The predicted octanol–water partition coefficient (Wildman–Crippen LogP) is 2.49. The zero-order valence-corrected chi connectivity index (χ0v) is 13.7. The first-order valence-corrected chi connectivity index (χ1v) is 7.93. The lowest BCUT2D eigenvalue weighted by atomic mass is 10.1. The van der Waals surface area contributed by atoms with Gasteiger partial charge in [0.25, 0.3) is 5.91 Å². The summed E-state index contributed by atoms with van der Waals surface area (Å²) in [5.41, 5.74) is 0.170. The number of rotatable bonds is 4. The lowest BCUT2D eigenvalue weighted by molar-refractivity contribution is -0.138. The van der Waals surface area contributed by atoms with Crippen LogP contribution in [0, 0.1) is 5.82 Å². The number of carbonyl (C=O) groups is 2. The molecule has 7 heteroatoms. The Morgan fingerprint density at radius 2 is 2.13 bits per heavy atom. The summed E-state index contributed by atoms with van der Waals surface area (Å²) >= 11 is 5.89. The molecule has 2 rings (SSSR count). The minimum Gasteiger partial charge on any atom is -0.480 e. The molecular formula is C16H20ClFN2O3. The third-order valence-corrected chi connectivity index (χ3v) is 4.56. The first kappa shape index (κ1) is 17.7. The van der Waals surface area contributed by atoms with Gasteiger partial charge in [-0.2, -0.15) is 0 Å². The van der Waals surface area contributed by atoms with Gasteiger partial charge in [-0.05, 0) is 38.4 Å². The number of carbonyl (C=O) groups excluding carboxylic acids is 1. The number of amides is 1. The number of hydrogen-bond donors (Lipinski definition) is 1. The molecule has 1 amide bonds. The molecule has 1 aliphatic heterocycles. The second-order valence-corrected chi connectivity index (χ2v) is 6.17. The van der Waals surface area contributed by atoms with Crippen LogP contribution in [-0.2, 0) is 4.79 Å². The van der Waals surface area contributed by atoms with Crippen molar-refractivity contribution < 1.29 is 19.1 Å². The fourth-order valence-electron chi connectivity index (χ4n) is 2.90. The van der Waals surface area contributed by atoms with E-state index in [9.17, 15) is 14.0 Å². The van der Waals surface area contributed by atoms with E-state index in [1.54, 1.807) is 16.8 Å². The van der Waals surface area contributed by atoms with Crippen molar-refractivity contribution >= 4 is 23.5 Å². The third-order valence-electron chi connectivity index (χ3n) is 4.17. The molecule has 0 aliphatic carbocycles. The highest BCUT2D eigenvalue weighted by molar-refractivity contribution is 6.34. The quantitative estimate of drug-likeness (QED) is 0.913. The molecule has 23 heavy (non-hydrogen) atoms. The molecule has 1 aliphatic rings. The van der Waals surface area contributed by atoms with Crippen LogP contribution in [0.3, 0.4) is 0 Å². The van der Waals surface area contributed by atoms with Crippen molar-refractivity contribution in [2.45, 2.75) is 25.3 Å². The van der Waals surface area contributed by atoms with Gasteiger partial charge in [0.05, 0.1) is 17.1 Å². The topological polar surface area (TPSA) is 60.9 Å². The molecule has 0 bridgehead atoms. The maximum absolute atomic E-state index is 13.5. The van der Waals surface area contributed by atoms with Crippen LogP contribution in [0.1, 0.15) is 29.6 Å². The maximum Gasteiger partial charge on any atom is 0.317 e. The summed E-state index contributed by atoms with van der Waals surface area (Å²) in [6.45, 7) is 1.04. The van der Waals surface area contributed by atoms with Crippen LogP contribution in [0.5, 0.6) is 0 Å². The van der Waals surface area contributed by atoms with Gasteiger partial charge in [-0.3, -0.25) is 14.5 Å². The number of likely N-dealkylation sites (tertiary alicyclic amines) is 1. The van der Waals surface area contributed by atoms with Crippen molar-refractivity contribution in [3.05, 3.63) is 34.6 Å². The van der Waals surface area contributed by atoms with Crippen LogP contribution in [0.15, 0.2) is 18.2 Å². The number of benzene rings is 1. The number of carboxylic acid groups (broad SMARTS) is 1. The van der Waals surface area contributed by atoms with Gasteiger partial charge in [0.2, 0.25) is 0 Å². The maximum atomic E-state index is 13.5. The van der Waals surface area contributed by atoms with E-state index in [4.69, 9.17) is 16.7 Å². The number of halogens is 2. The lowest BCUT2D eigenvalue weighted by Crippen LogP contribution is -2.37. The van der Waals surface area contributed by atoms with Crippen LogP contribution < -0.4 is 0 Å². The van der Waals surface area contributed by atoms with Crippen molar-refractivity contribution in [3.63, 3.8) is 0 Å². The smallest absolute Gasteiger partial charge is 0.317 e. The second kappa shape index (κ2) is 7.75. The summed E-state index contributed by atoms with van der Waals surface area (Å²) in [6.07, 6.45) is 2.28. The highest BCUT2D eigenvalue weighted by Crippen LogP contribution is 2.23. The molecule has 5 nitrogen and oxygen atoms in total. The SMILES string of the molecule is CN(CC(=O)O)C1CCCN(C(=O)c2cccc(F)c2Cl)CC1. The second-order valence-electron chi connectivity index (χ2n) is 5.79. The van der Waals surface area contributed by atoms with Gasteiger partial charge in [0, 0.05) is 19.1 Å². The van der Waals surface area contributed by atoms with Crippen molar-refractivity contribution in [2.24, 2.45) is 0 Å². The Kier molecular flexibility index (Phi) is 5.96. The number of hydrogen-bond acceptors (Lipinski definition) is 3.